The van der Waals surface area contributed by atoms with Gasteiger partial charge in [-0.3, -0.25) is 0 Å². The Morgan fingerprint density at radius 2 is 2.00 bits per heavy atom. The van der Waals surface area contributed by atoms with Gasteiger partial charge < -0.3 is 5.11 Å². The van der Waals surface area contributed by atoms with E-state index in [1.165, 1.54) is 0 Å². The van der Waals surface area contributed by atoms with Crippen molar-refractivity contribution in [3.63, 3.8) is 0 Å². The Morgan fingerprint density at radius 1 is 1.50 bits per heavy atom. The molecule has 0 fully saturated rings. The van der Waals surface area contributed by atoms with Crippen LogP contribution in [-0.2, 0) is 4.79 Å². The zero-order chi connectivity index (χ0) is 11.4. The van der Waals surface area contributed by atoms with E-state index < -0.39 is 5.97 Å². The number of hydrogen-bond donors (Lipinski definition) is 1. The van der Waals surface area contributed by atoms with E-state index in [0.29, 0.717) is 11.5 Å². The molecule has 0 amide bonds. The molecule has 1 N–H and O–H groups in total. The third kappa shape index (κ3) is 3.95. The molecule has 0 rings (SSSR count). The second-order valence-electron chi connectivity index (χ2n) is 4.69. The van der Waals surface area contributed by atoms with Crippen LogP contribution in [0.15, 0.2) is 11.6 Å². The second kappa shape index (κ2) is 5.18. The Bertz CT molecular complexity index is 226. The molecule has 0 spiro atoms. The van der Waals surface area contributed by atoms with Crippen LogP contribution in [0.4, 0.5) is 0 Å². The topological polar surface area (TPSA) is 37.3 Å². The van der Waals surface area contributed by atoms with Crippen molar-refractivity contribution in [3.8, 4) is 0 Å². The van der Waals surface area contributed by atoms with Crippen molar-refractivity contribution in [1.82, 2.24) is 0 Å². The average Bonchev–Trinajstić information content (AvgIpc) is 2.12. The molecule has 2 nitrogen and oxygen atoms in total. The van der Waals surface area contributed by atoms with Gasteiger partial charge in [-0.25, -0.2) is 4.79 Å². The number of carboxylic acids is 1. The lowest BCUT2D eigenvalue weighted by molar-refractivity contribution is -0.132. The van der Waals surface area contributed by atoms with E-state index in [-0.39, 0.29) is 5.41 Å². The maximum Gasteiger partial charge on any atom is 0.330 e. The first kappa shape index (κ1) is 13.2. The van der Waals surface area contributed by atoms with Crippen molar-refractivity contribution in [2.75, 3.05) is 0 Å². The van der Waals surface area contributed by atoms with Crippen LogP contribution in [0.25, 0.3) is 0 Å². The fourth-order valence-corrected chi connectivity index (χ4v) is 1.26. The summed E-state index contributed by atoms with van der Waals surface area (Å²) in [6.07, 6.45) is 3.79. The first-order valence-corrected chi connectivity index (χ1v) is 5.21. The Hall–Kier alpha value is -0.790. The third-order valence-electron chi connectivity index (χ3n) is 3.22. The SMILES string of the molecule is CCC(C)C(C)(C)CC=C(C)C(=O)O. The first-order chi connectivity index (χ1) is 6.31. The first-order valence-electron chi connectivity index (χ1n) is 5.21. The van der Waals surface area contributed by atoms with Crippen molar-refractivity contribution in [2.45, 2.75) is 47.5 Å². The van der Waals surface area contributed by atoms with E-state index >= 15 is 0 Å². The number of carboxylic acid groups (broad SMARTS) is 1. The minimum absolute atomic E-state index is 0.186. The van der Waals surface area contributed by atoms with E-state index in [1.807, 2.05) is 6.08 Å². The summed E-state index contributed by atoms with van der Waals surface area (Å²) in [6, 6.07) is 0. The highest BCUT2D eigenvalue weighted by molar-refractivity contribution is 5.85. The standard InChI is InChI=1S/C12H22O2/c1-6-10(3)12(4,5)8-7-9(2)11(13)14/h7,10H,6,8H2,1-5H3,(H,13,14). The molecule has 0 aromatic heterocycles. The second-order valence-corrected chi connectivity index (χ2v) is 4.69. The maximum atomic E-state index is 10.6. The highest BCUT2D eigenvalue weighted by atomic mass is 16.4. The lowest BCUT2D eigenvalue weighted by Crippen LogP contribution is -2.20. The van der Waals surface area contributed by atoms with Gasteiger partial charge in [0.05, 0.1) is 0 Å². The van der Waals surface area contributed by atoms with Gasteiger partial charge in [-0.1, -0.05) is 40.2 Å². The fraction of sp³-hybridized carbons (Fsp3) is 0.750. The molecule has 1 atom stereocenters. The molecule has 0 aromatic rings. The molecule has 0 radical (unpaired) electrons. The van der Waals surface area contributed by atoms with Crippen LogP contribution >= 0.6 is 0 Å². The largest absolute Gasteiger partial charge is 0.478 e. The van der Waals surface area contributed by atoms with Crippen molar-refractivity contribution in [1.29, 1.82) is 0 Å². The van der Waals surface area contributed by atoms with Crippen LogP contribution in [-0.4, -0.2) is 11.1 Å². The zero-order valence-electron chi connectivity index (χ0n) is 9.92. The Balaban J connectivity index is 4.37. The Kier molecular flexibility index (Phi) is 4.89. The van der Waals surface area contributed by atoms with Gasteiger partial charge in [-0.15, -0.1) is 0 Å². The average molecular weight is 198 g/mol. The summed E-state index contributed by atoms with van der Waals surface area (Å²) in [4.78, 5) is 10.6. The van der Waals surface area contributed by atoms with Gasteiger partial charge in [0.2, 0.25) is 0 Å². The summed E-state index contributed by atoms with van der Waals surface area (Å²) in [6.45, 7) is 10.4. The van der Waals surface area contributed by atoms with E-state index in [1.54, 1.807) is 6.92 Å². The molecule has 0 saturated carbocycles. The van der Waals surface area contributed by atoms with Gasteiger partial charge in [0.1, 0.15) is 0 Å². The monoisotopic (exact) mass is 198 g/mol. The van der Waals surface area contributed by atoms with Gasteiger partial charge in [0.15, 0.2) is 0 Å². The van der Waals surface area contributed by atoms with Gasteiger partial charge >= 0.3 is 5.97 Å². The normalized spacial score (nSPS) is 15.4. The Morgan fingerprint density at radius 3 is 2.36 bits per heavy atom. The molecule has 0 aromatic carbocycles. The molecular weight excluding hydrogens is 176 g/mol. The summed E-state index contributed by atoms with van der Waals surface area (Å²) in [5.41, 5.74) is 0.632. The quantitative estimate of drug-likeness (QED) is 0.687. The number of allylic oxidation sites excluding steroid dienone is 1. The van der Waals surface area contributed by atoms with Gasteiger partial charge in [-0.2, -0.15) is 0 Å². The summed E-state index contributed by atoms with van der Waals surface area (Å²) in [5, 5.41) is 8.71. The molecule has 0 heterocycles. The van der Waals surface area contributed by atoms with Crippen LogP contribution in [0.3, 0.4) is 0 Å². The van der Waals surface area contributed by atoms with Crippen molar-refractivity contribution >= 4 is 5.97 Å². The fourth-order valence-electron chi connectivity index (χ4n) is 1.26. The lowest BCUT2D eigenvalue weighted by Gasteiger charge is -2.30. The predicted molar refractivity (Wildman–Crippen MR) is 59.2 cm³/mol. The minimum atomic E-state index is -0.815. The van der Waals surface area contributed by atoms with Crippen LogP contribution in [0.2, 0.25) is 0 Å². The van der Waals surface area contributed by atoms with E-state index in [4.69, 9.17) is 5.11 Å². The summed E-state index contributed by atoms with van der Waals surface area (Å²) in [7, 11) is 0. The molecule has 0 aliphatic rings. The number of carbonyl (C=O) groups is 1. The number of aliphatic carboxylic acids is 1. The molecular formula is C12H22O2. The highest BCUT2D eigenvalue weighted by Crippen LogP contribution is 2.33. The van der Waals surface area contributed by atoms with Crippen LogP contribution in [0.1, 0.15) is 47.5 Å². The third-order valence-corrected chi connectivity index (χ3v) is 3.22. The molecule has 1 unspecified atom stereocenters. The molecule has 0 aliphatic carbocycles. The zero-order valence-corrected chi connectivity index (χ0v) is 9.92. The maximum absolute atomic E-state index is 10.6. The van der Waals surface area contributed by atoms with Crippen molar-refractivity contribution in [3.05, 3.63) is 11.6 Å². The van der Waals surface area contributed by atoms with Crippen LogP contribution in [0.5, 0.6) is 0 Å². The molecule has 0 aliphatic heterocycles. The van der Waals surface area contributed by atoms with Gasteiger partial charge in [-0.05, 0) is 24.7 Å². The summed E-state index contributed by atoms with van der Waals surface area (Å²) >= 11 is 0. The van der Waals surface area contributed by atoms with Crippen molar-refractivity contribution < 1.29 is 9.90 Å². The predicted octanol–water partition coefficient (Wildman–Crippen LogP) is 3.48. The molecule has 82 valence electrons. The van der Waals surface area contributed by atoms with Crippen LogP contribution in [0, 0.1) is 11.3 Å². The van der Waals surface area contributed by atoms with Crippen molar-refractivity contribution in [2.24, 2.45) is 11.3 Å². The molecule has 0 saturated heterocycles. The van der Waals surface area contributed by atoms with Gasteiger partial charge in [0, 0.05) is 5.57 Å². The summed E-state index contributed by atoms with van der Waals surface area (Å²) in [5.74, 6) is -0.203. The molecule has 0 bridgehead atoms. The molecule has 14 heavy (non-hydrogen) atoms. The lowest BCUT2D eigenvalue weighted by atomic mass is 9.75. The summed E-state index contributed by atoms with van der Waals surface area (Å²) < 4.78 is 0. The smallest absolute Gasteiger partial charge is 0.330 e. The highest BCUT2D eigenvalue weighted by Gasteiger charge is 2.23. The minimum Gasteiger partial charge on any atom is -0.478 e. The molecule has 2 heteroatoms. The van der Waals surface area contributed by atoms with E-state index in [2.05, 4.69) is 27.7 Å². The number of rotatable bonds is 5. The Labute approximate surface area is 87.0 Å². The van der Waals surface area contributed by atoms with E-state index in [9.17, 15) is 4.79 Å². The number of hydrogen-bond acceptors (Lipinski definition) is 1. The van der Waals surface area contributed by atoms with Gasteiger partial charge in [0.25, 0.3) is 0 Å². The van der Waals surface area contributed by atoms with Crippen LogP contribution < -0.4 is 0 Å². The van der Waals surface area contributed by atoms with E-state index in [0.717, 1.165) is 12.8 Å².